The summed E-state index contributed by atoms with van der Waals surface area (Å²) in [7, 11) is 1.19. The SMILES string of the molecule is CCCCCCCCC/C=C\CCCCCC(=O)NC(COP(=O)([O-])OCC[N+](C)(C)C)C(/C=C/CCCCCCCCCCCC)OC(=O)CCCCCCCCCCCCCCCCCCC. The lowest BCUT2D eigenvalue weighted by Crippen LogP contribution is -2.47. The van der Waals surface area contributed by atoms with Crippen molar-refractivity contribution >= 4 is 19.7 Å². The van der Waals surface area contributed by atoms with Gasteiger partial charge in [-0.15, -0.1) is 0 Å². The van der Waals surface area contributed by atoms with Crippen LogP contribution in [0, 0.1) is 0 Å². The zero-order valence-electron chi connectivity index (χ0n) is 46.5. The van der Waals surface area contributed by atoms with E-state index in [1.807, 2.05) is 33.3 Å². The van der Waals surface area contributed by atoms with Crippen LogP contribution in [0.25, 0.3) is 0 Å². The Labute approximate surface area is 428 Å². The lowest BCUT2D eigenvalue weighted by atomic mass is 10.0. The molecule has 10 heteroatoms. The van der Waals surface area contributed by atoms with E-state index in [1.54, 1.807) is 0 Å². The number of carbonyl (C=O) groups excluding carboxylic acids is 2. The van der Waals surface area contributed by atoms with Crippen LogP contribution in [-0.2, 0) is 27.9 Å². The van der Waals surface area contributed by atoms with Gasteiger partial charge in [-0.05, 0) is 57.4 Å². The highest BCUT2D eigenvalue weighted by Crippen LogP contribution is 2.38. The highest BCUT2D eigenvalue weighted by molar-refractivity contribution is 7.45. The Morgan fingerprint density at radius 3 is 1.25 bits per heavy atom. The molecule has 0 radical (unpaired) electrons. The fourth-order valence-corrected chi connectivity index (χ4v) is 9.48. The van der Waals surface area contributed by atoms with Crippen molar-refractivity contribution < 1.29 is 37.3 Å². The number of esters is 1. The van der Waals surface area contributed by atoms with Crippen LogP contribution in [0.1, 0.15) is 290 Å². The fraction of sp³-hybridized carbons (Fsp3) is 0.898. The molecule has 0 heterocycles. The first-order valence-corrected chi connectivity index (χ1v) is 31.1. The third kappa shape index (κ3) is 51.2. The smallest absolute Gasteiger partial charge is 0.306 e. The Kier molecular flexibility index (Phi) is 48.9. The minimum atomic E-state index is -4.69. The van der Waals surface area contributed by atoms with Crippen LogP contribution < -0.4 is 10.2 Å². The molecule has 0 fully saturated rings. The maximum atomic E-state index is 13.5. The van der Waals surface area contributed by atoms with Crippen LogP contribution in [0.2, 0.25) is 0 Å². The number of phosphoric ester groups is 1. The van der Waals surface area contributed by atoms with Gasteiger partial charge in [-0.25, -0.2) is 0 Å². The van der Waals surface area contributed by atoms with Crippen LogP contribution in [0.15, 0.2) is 24.3 Å². The topological polar surface area (TPSA) is 114 Å². The monoisotopic (exact) mass is 995 g/mol. The molecule has 0 rings (SSSR count). The number of nitrogens with one attached hydrogen (secondary N) is 1. The standard InChI is InChI=1S/C59H115N2O7P/c1-7-10-13-16-19-22-25-28-30-31-32-34-37-40-43-46-49-52-59(63)68-57(50-47-44-41-38-35-27-24-21-18-15-12-9-3)56(55-67-69(64,65)66-54-53-61(4,5)6)60-58(62)51-48-45-42-39-36-33-29-26-23-20-17-14-11-8-2/h33,36,47,50,56-57H,7-32,34-35,37-46,48-49,51-55H2,1-6H3,(H-,60,62,64,65)/b36-33-,50-47+. The molecule has 9 nitrogen and oxygen atoms in total. The van der Waals surface area contributed by atoms with E-state index in [4.69, 9.17) is 13.8 Å². The number of nitrogens with zero attached hydrogens (tertiary/aromatic N) is 1. The molecule has 0 bridgehead atoms. The van der Waals surface area contributed by atoms with Crippen LogP contribution in [0.5, 0.6) is 0 Å². The number of likely N-dealkylation sites (N-methyl/N-ethyl adjacent to an activating group) is 1. The summed E-state index contributed by atoms with van der Waals surface area (Å²) in [6.45, 7) is 6.85. The van der Waals surface area contributed by atoms with E-state index in [1.165, 1.54) is 186 Å². The molecule has 3 atom stereocenters. The molecule has 0 aromatic rings. The Morgan fingerprint density at radius 2 is 0.841 bits per heavy atom. The highest BCUT2D eigenvalue weighted by atomic mass is 31.2. The molecule has 0 aliphatic heterocycles. The highest BCUT2D eigenvalue weighted by Gasteiger charge is 2.27. The van der Waals surface area contributed by atoms with Gasteiger partial charge in [0.05, 0.1) is 33.8 Å². The first kappa shape index (κ1) is 67.5. The first-order chi connectivity index (χ1) is 33.4. The zero-order chi connectivity index (χ0) is 50.8. The van der Waals surface area contributed by atoms with Gasteiger partial charge in [-0.1, -0.05) is 244 Å². The third-order valence-electron chi connectivity index (χ3n) is 13.4. The van der Waals surface area contributed by atoms with Crippen LogP contribution >= 0.6 is 7.82 Å². The molecule has 1 N–H and O–H groups in total. The number of allylic oxidation sites excluding steroid dienone is 3. The minimum absolute atomic E-state index is 0.0217. The zero-order valence-corrected chi connectivity index (χ0v) is 47.4. The molecule has 0 saturated heterocycles. The Hall–Kier alpha value is -1.51. The summed E-state index contributed by atoms with van der Waals surface area (Å²) < 4.78 is 30.2. The maximum Gasteiger partial charge on any atom is 0.306 e. The number of unbranched alkanes of at least 4 members (excludes halogenated alkanes) is 36. The van der Waals surface area contributed by atoms with Gasteiger partial charge in [0, 0.05) is 12.8 Å². The third-order valence-corrected chi connectivity index (χ3v) is 14.3. The van der Waals surface area contributed by atoms with E-state index in [0.29, 0.717) is 17.4 Å². The van der Waals surface area contributed by atoms with Crippen molar-refractivity contribution in [2.24, 2.45) is 0 Å². The number of carbonyl (C=O) groups is 2. The van der Waals surface area contributed by atoms with Crippen LogP contribution in [0.4, 0.5) is 0 Å². The lowest BCUT2D eigenvalue weighted by Gasteiger charge is -2.30. The summed E-state index contributed by atoms with van der Waals surface area (Å²) in [5.41, 5.74) is 0. The molecular weight excluding hydrogens is 880 g/mol. The molecule has 408 valence electrons. The number of rotatable bonds is 54. The Balaban J connectivity index is 5.30. The molecule has 0 aliphatic rings. The van der Waals surface area contributed by atoms with Gasteiger partial charge in [0.15, 0.2) is 0 Å². The van der Waals surface area contributed by atoms with Crippen molar-refractivity contribution in [3.8, 4) is 0 Å². The van der Waals surface area contributed by atoms with Gasteiger partial charge in [-0.3, -0.25) is 14.2 Å². The van der Waals surface area contributed by atoms with Gasteiger partial charge in [0.2, 0.25) is 5.91 Å². The summed E-state index contributed by atoms with van der Waals surface area (Å²) in [4.78, 5) is 39.8. The first-order valence-electron chi connectivity index (χ1n) is 29.6. The molecular formula is C59H115N2O7P. The second kappa shape index (κ2) is 50.0. The van der Waals surface area contributed by atoms with Gasteiger partial charge >= 0.3 is 5.97 Å². The fourth-order valence-electron chi connectivity index (χ4n) is 8.75. The molecule has 0 aromatic carbocycles. The predicted molar refractivity (Wildman–Crippen MR) is 293 cm³/mol. The Morgan fingerprint density at radius 1 is 0.493 bits per heavy atom. The summed E-state index contributed by atoms with van der Waals surface area (Å²) in [5.74, 6) is -0.546. The average molecular weight is 996 g/mol. The average Bonchev–Trinajstić information content (AvgIpc) is 3.31. The van der Waals surface area contributed by atoms with Crippen molar-refractivity contribution in [1.82, 2.24) is 5.32 Å². The van der Waals surface area contributed by atoms with Crippen molar-refractivity contribution in [3.05, 3.63) is 24.3 Å². The number of phosphoric acid groups is 1. The Bertz CT molecular complexity index is 1240. The summed E-state index contributed by atoms with van der Waals surface area (Å²) >= 11 is 0. The number of quaternary nitrogens is 1. The van der Waals surface area contributed by atoms with Crippen molar-refractivity contribution in [3.63, 3.8) is 0 Å². The van der Waals surface area contributed by atoms with Gasteiger partial charge < -0.3 is 28.5 Å². The quantitative estimate of drug-likeness (QED) is 0.0212. The molecule has 0 aliphatic carbocycles. The van der Waals surface area contributed by atoms with Crippen molar-refractivity contribution in [2.75, 3.05) is 40.9 Å². The summed E-state index contributed by atoms with van der Waals surface area (Å²) in [5, 5.41) is 3.02. The van der Waals surface area contributed by atoms with E-state index in [9.17, 15) is 19.0 Å². The molecule has 69 heavy (non-hydrogen) atoms. The number of amides is 1. The van der Waals surface area contributed by atoms with Gasteiger partial charge in [-0.2, -0.15) is 0 Å². The lowest BCUT2D eigenvalue weighted by molar-refractivity contribution is -0.870. The van der Waals surface area contributed by atoms with E-state index >= 15 is 0 Å². The maximum absolute atomic E-state index is 13.5. The normalized spacial score (nSPS) is 13.9. The number of ether oxygens (including phenoxy) is 1. The van der Waals surface area contributed by atoms with Crippen molar-refractivity contribution in [2.45, 2.75) is 303 Å². The van der Waals surface area contributed by atoms with Crippen molar-refractivity contribution in [1.29, 1.82) is 0 Å². The molecule has 0 aromatic heterocycles. The molecule has 1 amide bonds. The van der Waals surface area contributed by atoms with E-state index in [-0.39, 0.29) is 31.5 Å². The number of hydrogen-bond acceptors (Lipinski definition) is 7. The molecule has 0 saturated carbocycles. The van der Waals surface area contributed by atoms with E-state index in [0.717, 1.165) is 70.6 Å². The van der Waals surface area contributed by atoms with Gasteiger partial charge in [0.1, 0.15) is 19.3 Å². The molecule has 3 unspecified atom stereocenters. The number of hydrogen-bond donors (Lipinski definition) is 1. The largest absolute Gasteiger partial charge is 0.756 e. The summed E-state index contributed by atoms with van der Waals surface area (Å²) in [6, 6.07) is -0.889. The molecule has 0 spiro atoms. The van der Waals surface area contributed by atoms with E-state index < -0.39 is 20.0 Å². The van der Waals surface area contributed by atoms with Crippen LogP contribution in [-0.4, -0.2) is 69.4 Å². The van der Waals surface area contributed by atoms with E-state index in [2.05, 4.69) is 38.2 Å². The second-order valence-electron chi connectivity index (χ2n) is 21.5. The second-order valence-corrected chi connectivity index (χ2v) is 22.9. The predicted octanol–water partition coefficient (Wildman–Crippen LogP) is 17.1. The van der Waals surface area contributed by atoms with Crippen LogP contribution in [0.3, 0.4) is 0 Å². The van der Waals surface area contributed by atoms with Gasteiger partial charge in [0.25, 0.3) is 7.82 Å². The minimum Gasteiger partial charge on any atom is -0.756 e. The summed E-state index contributed by atoms with van der Waals surface area (Å²) in [6.07, 6.45) is 57.1.